The molecule has 1 fully saturated rings. The maximum Gasteiger partial charge on any atom is 0.259 e. The minimum absolute atomic E-state index is 0.444. The Bertz CT molecular complexity index is 567. The Morgan fingerprint density at radius 3 is 2.88 bits per heavy atom. The molecule has 1 aliphatic rings. The minimum Gasteiger partial charge on any atom is -0.399 e. The molecule has 2 atom stereocenters. The van der Waals surface area contributed by atoms with Crippen molar-refractivity contribution in [1.29, 1.82) is 0 Å². The normalized spacial score (nSPS) is 22.7. The Kier molecular flexibility index (Phi) is 2.33. The second-order valence-corrected chi connectivity index (χ2v) is 4.92. The van der Waals surface area contributed by atoms with Gasteiger partial charge in [-0.05, 0) is 30.5 Å². The Morgan fingerprint density at radius 1 is 1.47 bits per heavy atom. The summed E-state index contributed by atoms with van der Waals surface area (Å²) in [4.78, 5) is 4.38. The van der Waals surface area contributed by atoms with E-state index in [1.807, 2.05) is 0 Å². The third kappa shape index (κ3) is 1.89. The largest absolute Gasteiger partial charge is 0.399 e. The summed E-state index contributed by atoms with van der Waals surface area (Å²) in [5.74, 6) is 2.34. The zero-order chi connectivity index (χ0) is 12.0. The molecule has 88 valence electrons. The number of nitrogens with zero attached hydrogens (tertiary/aromatic N) is 2. The predicted molar refractivity (Wildman–Crippen MR) is 65.7 cm³/mol. The SMILES string of the molecule is CC1CC1c1noc(-c2ccc(N)cc2Cl)n1. The second-order valence-electron chi connectivity index (χ2n) is 4.52. The van der Waals surface area contributed by atoms with Gasteiger partial charge in [0.15, 0.2) is 5.82 Å². The molecule has 1 heterocycles. The molecule has 1 aliphatic carbocycles. The summed E-state index contributed by atoms with van der Waals surface area (Å²) < 4.78 is 5.23. The Balaban J connectivity index is 1.95. The molecule has 4 nitrogen and oxygen atoms in total. The molecule has 2 unspecified atom stereocenters. The number of rotatable bonds is 2. The fourth-order valence-corrected chi connectivity index (χ4v) is 2.15. The van der Waals surface area contributed by atoms with Gasteiger partial charge >= 0.3 is 0 Å². The smallest absolute Gasteiger partial charge is 0.259 e. The van der Waals surface area contributed by atoms with Gasteiger partial charge in [0.1, 0.15) is 0 Å². The number of aromatic nitrogens is 2. The lowest BCUT2D eigenvalue weighted by Crippen LogP contribution is -1.87. The van der Waals surface area contributed by atoms with Crippen LogP contribution in [0.25, 0.3) is 11.5 Å². The first-order valence-corrected chi connectivity index (χ1v) is 5.92. The molecule has 0 radical (unpaired) electrons. The standard InChI is InChI=1S/C12H12ClN3O/c1-6-4-9(6)11-15-12(17-16-11)8-3-2-7(14)5-10(8)13/h2-3,5-6,9H,4,14H2,1H3. The van der Waals surface area contributed by atoms with Crippen molar-refractivity contribution in [2.24, 2.45) is 5.92 Å². The van der Waals surface area contributed by atoms with Crippen LogP contribution in [0.3, 0.4) is 0 Å². The van der Waals surface area contributed by atoms with Crippen LogP contribution in [-0.2, 0) is 0 Å². The highest BCUT2D eigenvalue weighted by atomic mass is 35.5. The van der Waals surface area contributed by atoms with Gasteiger partial charge in [-0.1, -0.05) is 23.7 Å². The lowest BCUT2D eigenvalue weighted by molar-refractivity contribution is 0.422. The highest BCUT2D eigenvalue weighted by molar-refractivity contribution is 6.33. The minimum atomic E-state index is 0.444. The Morgan fingerprint density at radius 2 is 2.24 bits per heavy atom. The Hall–Kier alpha value is -1.55. The van der Waals surface area contributed by atoms with E-state index in [0.29, 0.717) is 28.4 Å². The quantitative estimate of drug-likeness (QED) is 0.831. The summed E-state index contributed by atoms with van der Waals surface area (Å²) in [6.07, 6.45) is 1.13. The first-order valence-electron chi connectivity index (χ1n) is 5.54. The van der Waals surface area contributed by atoms with Gasteiger partial charge in [-0.2, -0.15) is 4.98 Å². The number of anilines is 1. The molecular weight excluding hydrogens is 238 g/mol. The van der Waals surface area contributed by atoms with E-state index in [9.17, 15) is 0 Å². The van der Waals surface area contributed by atoms with Crippen molar-refractivity contribution >= 4 is 17.3 Å². The van der Waals surface area contributed by atoms with Crippen LogP contribution in [0.15, 0.2) is 22.7 Å². The highest BCUT2D eigenvalue weighted by Gasteiger charge is 2.38. The zero-order valence-corrected chi connectivity index (χ0v) is 10.1. The molecule has 0 bridgehead atoms. The lowest BCUT2D eigenvalue weighted by atomic mass is 10.2. The molecule has 2 aromatic rings. The van der Waals surface area contributed by atoms with Crippen molar-refractivity contribution < 1.29 is 4.52 Å². The molecular formula is C12H12ClN3O. The molecule has 3 rings (SSSR count). The first kappa shape index (κ1) is 10.6. The third-order valence-corrected chi connectivity index (χ3v) is 3.42. The van der Waals surface area contributed by atoms with E-state index in [1.165, 1.54) is 0 Å². The van der Waals surface area contributed by atoms with Crippen molar-refractivity contribution in [2.45, 2.75) is 19.3 Å². The van der Waals surface area contributed by atoms with Gasteiger partial charge in [-0.15, -0.1) is 0 Å². The number of hydrogen-bond acceptors (Lipinski definition) is 4. The van der Waals surface area contributed by atoms with Gasteiger partial charge in [0.25, 0.3) is 5.89 Å². The number of hydrogen-bond donors (Lipinski definition) is 1. The van der Waals surface area contributed by atoms with E-state index in [4.69, 9.17) is 21.9 Å². The maximum absolute atomic E-state index is 6.09. The molecule has 0 saturated heterocycles. The molecule has 1 saturated carbocycles. The molecule has 2 N–H and O–H groups in total. The summed E-state index contributed by atoms with van der Waals surface area (Å²) in [6, 6.07) is 5.25. The molecule has 5 heteroatoms. The van der Waals surface area contributed by atoms with Crippen LogP contribution in [-0.4, -0.2) is 10.1 Å². The molecule has 0 amide bonds. The van der Waals surface area contributed by atoms with Gasteiger partial charge in [0.2, 0.25) is 0 Å². The van der Waals surface area contributed by atoms with E-state index in [1.54, 1.807) is 18.2 Å². The van der Waals surface area contributed by atoms with Gasteiger partial charge in [0, 0.05) is 11.6 Å². The highest BCUT2D eigenvalue weighted by Crippen LogP contribution is 2.46. The predicted octanol–water partition coefficient (Wildman–Crippen LogP) is 3.10. The van der Waals surface area contributed by atoms with E-state index in [2.05, 4.69) is 17.1 Å². The van der Waals surface area contributed by atoms with Crippen LogP contribution >= 0.6 is 11.6 Å². The van der Waals surface area contributed by atoms with Crippen LogP contribution in [0.2, 0.25) is 5.02 Å². The van der Waals surface area contributed by atoms with Crippen molar-refractivity contribution in [3.63, 3.8) is 0 Å². The summed E-state index contributed by atoms with van der Waals surface area (Å²) >= 11 is 6.09. The summed E-state index contributed by atoms with van der Waals surface area (Å²) in [7, 11) is 0. The van der Waals surface area contributed by atoms with Gasteiger partial charge in [-0.3, -0.25) is 0 Å². The van der Waals surface area contributed by atoms with Gasteiger partial charge in [0.05, 0.1) is 10.6 Å². The molecule has 0 spiro atoms. The molecule has 1 aromatic carbocycles. The summed E-state index contributed by atoms with van der Waals surface area (Å²) in [6.45, 7) is 2.18. The van der Waals surface area contributed by atoms with Crippen LogP contribution in [0.4, 0.5) is 5.69 Å². The summed E-state index contributed by atoms with van der Waals surface area (Å²) in [5, 5.41) is 4.52. The van der Waals surface area contributed by atoms with Crippen molar-refractivity contribution in [2.75, 3.05) is 5.73 Å². The van der Waals surface area contributed by atoms with Crippen molar-refractivity contribution in [3.05, 3.63) is 29.0 Å². The molecule has 1 aromatic heterocycles. The average molecular weight is 250 g/mol. The zero-order valence-electron chi connectivity index (χ0n) is 9.35. The van der Waals surface area contributed by atoms with Crippen molar-refractivity contribution in [1.82, 2.24) is 10.1 Å². The van der Waals surface area contributed by atoms with Crippen LogP contribution in [0, 0.1) is 5.92 Å². The van der Waals surface area contributed by atoms with Gasteiger partial charge < -0.3 is 10.3 Å². The Labute approximate surface area is 104 Å². The topological polar surface area (TPSA) is 64.9 Å². The number of halogens is 1. The number of nitrogen functional groups attached to an aromatic ring is 1. The van der Waals surface area contributed by atoms with E-state index < -0.39 is 0 Å². The van der Waals surface area contributed by atoms with Crippen molar-refractivity contribution in [3.8, 4) is 11.5 Å². The maximum atomic E-state index is 6.09. The monoisotopic (exact) mass is 249 g/mol. The van der Waals surface area contributed by atoms with Crippen LogP contribution < -0.4 is 5.73 Å². The molecule has 0 aliphatic heterocycles. The fraction of sp³-hybridized carbons (Fsp3) is 0.333. The molecule has 17 heavy (non-hydrogen) atoms. The van der Waals surface area contributed by atoms with E-state index in [0.717, 1.165) is 17.8 Å². The van der Waals surface area contributed by atoms with Gasteiger partial charge in [-0.25, -0.2) is 0 Å². The first-order chi connectivity index (χ1) is 8.15. The number of nitrogens with two attached hydrogens (primary N) is 1. The third-order valence-electron chi connectivity index (χ3n) is 3.11. The lowest BCUT2D eigenvalue weighted by Gasteiger charge is -1.99. The fourth-order valence-electron chi connectivity index (χ4n) is 1.88. The second kappa shape index (κ2) is 3.74. The summed E-state index contributed by atoms with van der Waals surface area (Å²) in [5.41, 5.74) is 6.99. The van der Waals surface area contributed by atoms with Crippen LogP contribution in [0.5, 0.6) is 0 Å². The van der Waals surface area contributed by atoms with E-state index >= 15 is 0 Å². The van der Waals surface area contributed by atoms with Crippen LogP contribution in [0.1, 0.15) is 25.1 Å². The number of benzene rings is 1. The average Bonchev–Trinajstić information content (AvgIpc) is 2.83. The van der Waals surface area contributed by atoms with E-state index in [-0.39, 0.29) is 0 Å².